The number of pyridine rings is 1. The third-order valence-corrected chi connectivity index (χ3v) is 1.46. The van der Waals surface area contributed by atoms with Crippen LogP contribution in [0.5, 0.6) is 0 Å². The topological polar surface area (TPSA) is 38.9 Å². The third kappa shape index (κ3) is 1.98. The lowest BCUT2D eigenvalue weighted by atomic mass is 10.1. The zero-order chi connectivity index (χ0) is 8.10. The van der Waals surface area contributed by atoms with Gasteiger partial charge in [0.1, 0.15) is 5.82 Å². The molecule has 0 aliphatic carbocycles. The summed E-state index contributed by atoms with van der Waals surface area (Å²) in [5.74, 6) is 3.15. The van der Waals surface area contributed by atoms with Gasteiger partial charge in [-0.05, 0) is 18.1 Å². The minimum absolute atomic E-state index is 0.586. The normalized spacial score (nSPS) is 9.00. The summed E-state index contributed by atoms with van der Waals surface area (Å²) in [6.45, 7) is 0. The zero-order valence-electron chi connectivity index (χ0n) is 6.25. The van der Waals surface area contributed by atoms with E-state index in [1.165, 1.54) is 0 Å². The summed E-state index contributed by atoms with van der Waals surface area (Å²) >= 11 is 0. The number of nitrogen functional groups attached to an aromatic ring is 1. The molecule has 0 bridgehead atoms. The van der Waals surface area contributed by atoms with E-state index in [2.05, 4.69) is 10.9 Å². The standard InChI is InChI=1S/C9H10N2/c1-2-3-5-8-6-4-7-11-9(8)10/h1,4,6-7H,3,5H2,(H2,10,11). The summed E-state index contributed by atoms with van der Waals surface area (Å²) in [5.41, 5.74) is 6.61. The first-order valence-corrected chi connectivity index (χ1v) is 3.47. The summed E-state index contributed by atoms with van der Waals surface area (Å²) in [6, 6.07) is 3.81. The second kappa shape index (κ2) is 3.62. The number of terminal acetylenes is 1. The molecular weight excluding hydrogens is 136 g/mol. The predicted molar refractivity (Wildman–Crippen MR) is 45.8 cm³/mol. The first kappa shape index (κ1) is 7.62. The molecule has 2 heteroatoms. The molecule has 0 radical (unpaired) electrons. The molecule has 0 saturated carbocycles. The van der Waals surface area contributed by atoms with Crippen molar-refractivity contribution in [2.45, 2.75) is 12.8 Å². The van der Waals surface area contributed by atoms with Crippen LogP contribution in [0.1, 0.15) is 12.0 Å². The van der Waals surface area contributed by atoms with E-state index in [4.69, 9.17) is 12.2 Å². The predicted octanol–water partition coefficient (Wildman–Crippen LogP) is 1.23. The Balaban J connectivity index is 2.71. The molecule has 56 valence electrons. The Hall–Kier alpha value is -1.49. The van der Waals surface area contributed by atoms with Gasteiger partial charge in [-0.3, -0.25) is 0 Å². The Morgan fingerprint density at radius 1 is 1.64 bits per heavy atom. The second-order valence-electron chi connectivity index (χ2n) is 2.25. The molecule has 0 amide bonds. The molecule has 1 aromatic heterocycles. The van der Waals surface area contributed by atoms with Crippen molar-refractivity contribution < 1.29 is 0 Å². The molecule has 0 spiro atoms. The molecular formula is C9H10N2. The van der Waals surface area contributed by atoms with Crippen molar-refractivity contribution in [1.82, 2.24) is 4.98 Å². The summed E-state index contributed by atoms with van der Waals surface area (Å²) in [6.07, 6.45) is 8.32. The van der Waals surface area contributed by atoms with Gasteiger partial charge in [0.05, 0.1) is 0 Å². The zero-order valence-corrected chi connectivity index (χ0v) is 6.25. The van der Waals surface area contributed by atoms with Crippen LogP contribution in [0.4, 0.5) is 5.82 Å². The van der Waals surface area contributed by atoms with Crippen LogP contribution < -0.4 is 5.73 Å². The lowest BCUT2D eigenvalue weighted by Gasteiger charge is -1.99. The largest absolute Gasteiger partial charge is 0.383 e. The van der Waals surface area contributed by atoms with E-state index >= 15 is 0 Å². The Morgan fingerprint density at radius 2 is 2.45 bits per heavy atom. The van der Waals surface area contributed by atoms with Crippen molar-refractivity contribution in [3.63, 3.8) is 0 Å². The fourth-order valence-electron chi connectivity index (χ4n) is 0.869. The minimum Gasteiger partial charge on any atom is -0.383 e. The Bertz CT molecular complexity index is 273. The summed E-state index contributed by atoms with van der Waals surface area (Å²) in [5, 5.41) is 0. The SMILES string of the molecule is C#CCCc1cccnc1N. The maximum atomic E-state index is 5.58. The van der Waals surface area contributed by atoms with Crippen molar-refractivity contribution in [2.75, 3.05) is 5.73 Å². The molecule has 0 aliphatic heterocycles. The van der Waals surface area contributed by atoms with Crippen molar-refractivity contribution in [1.29, 1.82) is 0 Å². The van der Waals surface area contributed by atoms with E-state index < -0.39 is 0 Å². The molecule has 11 heavy (non-hydrogen) atoms. The number of hydrogen-bond donors (Lipinski definition) is 1. The van der Waals surface area contributed by atoms with Crippen LogP contribution in [-0.4, -0.2) is 4.98 Å². The van der Waals surface area contributed by atoms with Crippen molar-refractivity contribution in [3.05, 3.63) is 23.9 Å². The Morgan fingerprint density at radius 3 is 3.09 bits per heavy atom. The fourth-order valence-corrected chi connectivity index (χ4v) is 0.869. The van der Waals surface area contributed by atoms with E-state index in [1.807, 2.05) is 12.1 Å². The maximum Gasteiger partial charge on any atom is 0.126 e. The average molecular weight is 146 g/mol. The highest BCUT2D eigenvalue weighted by atomic mass is 14.8. The van der Waals surface area contributed by atoms with Crippen molar-refractivity contribution >= 4 is 5.82 Å². The number of rotatable bonds is 2. The van der Waals surface area contributed by atoms with Crippen LogP contribution in [0.3, 0.4) is 0 Å². The van der Waals surface area contributed by atoms with E-state index in [0.29, 0.717) is 5.82 Å². The van der Waals surface area contributed by atoms with Gasteiger partial charge in [0.2, 0.25) is 0 Å². The first-order valence-electron chi connectivity index (χ1n) is 3.47. The molecule has 0 aromatic carbocycles. The Kier molecular flexibility index (Phi) is 2.51. The summed E-state index contributed by atoms with van der Waals surface area (Å²) < 4.78 is 0. The first-order chi connectivity index (χ1) is 5.34. The van der Waals surface area contributed by atoms with Gasteiger partial charge in [-0.25, -0.2) is 4.98 Å². The smallest absolute Gasteiger partial charge is 0.126 e. The van der Waals surface area contributed by atoms with E-state index in [1.54, 1.807) is 6.20 Å². The van der Waals surface area contributed by atoms with E-state index in [0.717, 1.165) is 18.4 Å². The second-order valence-corrected chi connectivity index (χ2v) is 2.25. The highest BCUT2D eigenvalue weighted by Crippen LogP contribution is 2.08. The van der Waals surface area contributed by atoms with E-state index in [-0.39, 0.29) is 0 Å². The van der Waals surface area contributed by atoms with Gasteiger partial charge in [-0.15, -0.1) is 12.3 Å². The quantitative estimate of drug-likeness (QED) is 0.637. The number of hydrogen-bond acceptors (Lipinski definition) is 2. The fraction of sp³-hybridized carbons (Fsp3) is 0.222. The number of aryl methyl sites for hydroxylation is 1. The highest BCUT2D eigenvalue weighted by molar-refractivity contribution is 5.38. The third-order valence-electron chi connectivity index (χ3n) is 1.46. The van der Waals surface area contributed by atoms with Crippen LogP contribution in [-0.2, 0) is 6.42 Å². The molecule has 1 rings (SSSR count). The van der Waals surface area contributed by atoms with Crippen molar-refractivity contribution in [2.24, 2.45) is 0 Å². The molecule has 1 heterocycles. The lowest BCUT2D eigenvalue weighted by Crippen LogP contribution is -1.96. The van der Waals surface area contributed by atoms with Crippen LogP contribution in [0.15, 0.2) is 18.3 Å². The highest BCUT2D eigenvalue weighted by Gasteiger charge is 1.95. The molecule has 2 nitrogen and oxygen atoms in total. The van der Waals surface area contributed by atoms with Crippen LogP contribution in [0.2, 0.25) is 0 Å². The van der Waals surface area contributed by atoms with Gasteiger partial charge in [-0.2, -0.15) is 0 Å². The minimum atomic E-state index is 0.586. The molecule has 2 N–H and O–H groups in total. The van der Waals surface area contributed by atoms with Crippen molar-refractivity contribution in [3.8, 4) is 12.3 Å². The molecule has 0 saturated heterocycles. The average Bonchev–Trinajstić information content (AvgIpc) is 2.03. The molecule has 0 aliphatic rings. The van der Waals surface area contributed by atoms with Gasteiger partial charge < -0.3 is 5.73 Å². The van der Waals surface area contributed by atoms with Gasteiger partial charge in [-0.1, -0.05) is 6.07 Å². The molecule has 0 unspecified atom stereocenters. The number of aromatic nitrogens is 1. The van der Waals surface area contributed by atoms with Crippen LogP contribution in [0, 0.1) is 12.3 Å². The maximum absolute atomic E-state index is 5.58. The van der Waals surface area contributed by atoms with Crippen LogP contribution >= 0.6 is 0 Å². The molecule has 0 fully saturated rings. The van der Waals surface area contributed by atoms with E-state index in [9.17, 15) is 0 Å². The van der Waals surface area contributed by atoms with Gasteiger partial charge in [0.15, 0.2) is 0 Å². The number of nitrogens with zero attached hydrogens (tertiary/aromatic N) is 1. The lowest BCUT2D eigenvalue weighted by molar-refractivity contribution is 1.02. The number of anilines is 1. The van der Waals surface area contributed by atoms with Gasteiger partial charge in [0.25, 0.3) is 0 Å². The van der Waals surface area contributed by atoms with Gasteiger partial charge >= 0.3 is 0 Å². The Labute approximate surface area is 66.4 Å². The van der Waals surface area contributed by atoms with Gasteiger partial charge in [0, 0.05) is 12.6 Å². The molecule has 1 aromatic rings. The monoisotopic (exact) mass is 146 g/mol. The van der Waals surface area contributed by atoms with Crippen LogP contribution in [0.25, 0.3) is 0 Å². The molecule has 0 atom stereocenters. The number of nitrogens with two attached hydrogens (primary N) is 1. The summed E-state index contributed by atoms with van der Waals surface area (Å²) in [4.78, 5) is 3.94. The summed E-state index contributed by atoms with van der Waals surface area (Å²) in [7, 11) is 0.